The van der Waals surface area contributed by atoms with Gasteiger partial charge in [0.05, 0.1) is 24.9 Å². The van der Waals surface area contributed by atoms with E-state index in [4.69, 9.17) is 0 Å². The molecule has 0 aliphatic heterocycles. The molecule has 0 aromatic heterocycles. The van der Waals surface area contributed by atoms with Gasteiger partial charge >= 0.3 is 5.97 Å². The van der Waals surface area contributed by atoms with Gasteiger partial charge in [-0.05, 0) is 25.7 Å². The maximum absolute atomic E-state index is 11.4. The Hall–Kier alpha value is -1.10. The normalized spacial score (nSPS) is 9.69. The van der Waals surface area contributed by atoms with Crippen molar-refractivity contribution in [2.45, 2.75) is 13.8 Å². The average Bonchev–Trinajstić information content (AvgIpc) is 2.28. The van der Waals surface area contributed by atoms with Gasteiger partial charge in [0.15, 0.2) is 0 Å². The van der Waals surface area contributed by atoms with Crippen molar-refractivity contribution < 1.29 is 14.3 Å². The van der Waals surface area contributed by atoms with Crippen LogP contribution in [-0.4, -0.2) is 54.6 Å². The van der Waals surface area contributed by atoms with E-state index in [2.05, 4.69) is 27.1 Å². The molecule has 0 N–H and O–H groups in total. The fourth-order valence-corrected chi connectivity index (χ4v) is 1.16. The number of rotatable bonds is 8. The first-order valence-electron chi connectivity index (χ1n) is 5.11. The second-order valence-corrected chi connectivity index (χ2v) is 3.17. The number of thiocarbonyl (C=S) groups is 1. The van der Waals surface area contributed by atoms with Crippen molar-refractivity contribution >= 4 is 29.1 Å². The highest BCUT2D eigenvalue weighted by molar-refractivity contribution is 7.78. The highest BCUT2D eigenvalue weighted by Gasteiger charge is 2.17. The van der Waals surface area contributed by atoms with E-state index in [0.717, 1.165) is 0 Å². The molecule has 0 aliphatic carbocycles. The van der Waals surface area contributed by atoms with Gasteiger partial charge < -0.3 is 4.74 Å². The monoisotopic (exact) mass is 244 g/mol. The van der Waals surface area contributed by atoms with Crippen LogP contribution in [-0.2, 0) is 14.3 Å². The number of ether oxygens (including phenoxy) is 1. The van der Waals surface area contributed by atoms with Gasteiger partial charge in [-0.25, -0.2) is 9.79 Å². The quantitative estimate of drug-likeness (QED) is 0.270. The zero-order chi connectivity index (χ0) is 12.4. The summed E-state index contributed by atoms with van der Waals surface area (Å²) < 4.78 is 4.61. The summed E-state index contributed by atoms with van der Waals surface area (Å²) >= 11 is 4.43. The van der Waals surface area contributed by atoms with Gasteiger partial charge in [-0.1, -0.05) is 6.92 Å². The van der Waals surface area contributed by atoms with E-state index in [-0.39, 0.29) is 13.2 Å². The lowest BCUT2D eigenvalue weighted by atomic mass is 10.3. The molecular weight excluding hydrogens is 228 g/mol. The van der Waals surface area contributed by atoms with Crippen LogP contribution in [0.3, 0.4) is 0 Å². The van der Waals surface area contributed by atoms with E-state index in [9.17, 15) is 9.59 Å². The maximum atomic E-state index is 11.4. The lowest BCUT2D eigenvalue weighted by Gasteiger charge is -2.17. The van der Waals surface area contributed by atoms with Gasteiger partial charge in [0.25, 0.3) is 5.78 Å². The first-order chi connectivity index (χ1) is 7.65. The summed E-state index contributed by atoms with van der Waals surface area (Å²) in [5.74, 6) is -1.31. The van der Waals surface area contributed by atoms with Gasteiger partial charge in [-0.15, -0.1) is 0 Å². The van der Waals surface area contributed by atoms with E-state index in [0.29, 0.717) is 19.6 Å². The van der Waals surface area contributed by atoms with Gasteiger partial charge in [0.1, 0.15) is 0 Å². The molecule has 0 unspecified atom stereocenters. The smallest absolute Gasteiger partial charge is 0.375 e. The number of isothiocyanates is 1. The van der Waals surface area contributed by atoms with Crippen LogP contribution in [0.15, 0.2) is 4.99 Å². The standard InChI is InChI=1S/C10H16N2O3S/c1-3-12(6-5-11-8-16)7-9(13)10(14)15-4-2/h3-7H2,1-2H3. The third kappa shape index (κ3) is 6.40. The van der Waals surface area contributed by atoms with Crippen LogP contribution in [0, 0.1) is 0 Å². The number of esters is 1. The van der Waals surface area contributed by atoms with E-state index >= 15 is 0 Å². The van der Waals surface area contributed by atoms with Gasteiger partial charge in [0, 0.05) is 6.54 Å². The Bertz CT molecular complexity index is 288. The summed E-state index contributed by atoms with van der Waals surface area (Å²) in [6.45, 7) is 5.56. The predicted molar refractivity (Wildman–Crippen MR) is 63.6 cm³/mol. The Labute approximate surface area is 100 Å². The number of aliphatic imine (C=N–C) groups is 1. The van der Waals surface area contributed by atoms with Crippen LogP contribution in [0.25, 0.3) is 0 Å². The van der Waals surface area contributed by atoms with E-state index < -0.39 is 11.8 Å². The van der Waals surface area contributed by atoms with E-state index in [1.165, 1.54) is 0 Å². The highest BCUT2D eigenvalue weighted by Crippen LogP contribution is 1.91. The molecule has 90 valence electrons. The average molecular weight is 244 g/mol. The maximum Gasteiger partial charge on any atom is 0.375 e. The summed E-state index contributed by atoms with van der Waals surface area (Å²) in [4.78, 5) is 28.0. The number of carbonyl (C=O) groups excluding carboxylic acids is 2. The minimum Gasteiger partial charge on any atom is -0.460 e. The summed E-state index contributed by atoms with van der Waals surface area (Å²) in [6, 6.07) is 0. The molecule has 0 fully saturated rings. The highest BCUT2D eigenvalue weighted by atomic mass is 32.1. The van der Waals surface area contributed by atoms with Crippen LogP contribution >= 0.6 is 12.2 Å². The molecule has 0 bridgehead atoms. The molecule has 0 aliphatic rings. The van der Waals surface area contributed by atoms with Crippen molar-refractivity contribution in [2.24, 2.45) is 4.99 Å². The first kappa shape index (κ1) is 14.9. The predicted octanol–water partition coefficient (Wildman–Crippen LogP) is 0.543. The van der Waals surface area contributed by atoms with Gasteiger partial charge in [-0.2, -0.15) is 0 Å². The lowest BCUT2D eigenvalue weighted by molar-refractivity contribution is -0.153. The molecule has 0 spiro atoms. The molecule has 0 aromatic rings. The number of hydrogen-bond acceptors (Lipinski definition) is 6. The summed E-state index contributed by atoms with van der Waals surface area (Å²) in [5, 5.41) is 2.25. The Kier molecular flexibility index (Phi) is 8.52. The minimum atomic E-state index is -0.778. The number of likely N-dealkylation sites (N-methyl/N-ethyl adjacent to an activating group) is 1. The number of ketones is 1. The zero-order valence-corrected chi connectivity index (χ0v) is 10.4. The summed E-state index contributed by atoms with van der Waals surface area (Å²) in [7, 11) is 0. The van der Waals surface area contributed by atoms with Crippen LogP contribution in [0.2, 0.25) is 0 Å². The van der Waals surface area contributed by atoms with Crippen molar-refractivity contribution in [1.29, 1.82) is 0 Å². The third-order valence-corrected chi connectivity index (χ3v) is 2.04. The lowest BCUT2D eigenvalue weighted by Crippen LogP contribution is -2.35. The number of hydrogen-bond donors (Lipinski definition) is 0. The topological polar surface area (TPSA) is 59.0 Å². The molecule has 0 radical (unpaired) electrons. The van der Waals surface area contributed by atoms with Crippen LogP contribution in [0.4, 0.5) is 0 Å². The van der Waals surface area contributed by atoms with E-state index in [1.807, 2.05) is 6.92 Å². The van der Waals surface area contributed by atoms with Gasteiger partial charge in [0.2, 0.25) is 0 Å². The molecule has 6 heteroatoms. The fourth-order valence-electron chi connectivity index (χ4n) is 1.07. The molecule has 0 rings (SSSR count). The third-order valence-electron chi connectivity index (χ3n) is 1.91. The summed E-state index contributed by atoms with van der Waals surface area (Å²) in [6.07, 6.45) is 0. The molecule has 0 atom stereocenters. The Morgan fingerprint density at radius 1 is 1.44 bits per heavy atom. The van der Waals surface area contributed by atoms with Crippen LogP contribution in [0.5, 0.6) is 0 Å². The first-order valence-corrected chi connectivity index (χ1v) is 5.52. The van der Waals surface area contributed by atoms with Crippen LogP contribution < -0.4 is 0 Å². The molecule has 0 saturated carbocycles. The molecule has 16 heavy (non-hydrogen) atoms. The van der Waals surface area contributed by atoms with Crippen LogP contribution in [0.1, 0.15) is 13.8 Å². The Balaban J connectivity index is 4.05. The SMILES string of the molecule is CCOC(=O)C(=O)CN(CC)CCN=C=S. The second-order valence-electron chi connectivity index (χ2n) is 2.99. The van der Waals surface area contributed by atoms with Crippen molar-refractivity contribution in [1.82, 2.24) is 4.90 Å². The van der Waals surface area contributed by atoms with Crippen molar-refractivity contribution in [3.8, 4) is 0 Å². The number of nitrogens with zero attached hydrogens (tertiary/aromatic N) is 2. The van der Waals surface area contributed by atoms with Crippen molar-refractivity contribution in [2.75, 3.05) is 32.8 Å². The molecule has 0 saturated heterocycles. The van der Waals surface area contributed by atoms with E-state index in [1.54, 1.807) is 11.8 Å². The molecule has 0 aromatic carbocycles. The molecule has 0 amide bonds. The largest absolute Gasteiger partial charge is 0.460 e. The second kappa shape index (κ2) is 9.15. The zero-order valence-electron chi connectivity index (χ0n) is 9.56. The minimum absolute atomic E-state index is 0.0578. The molecular formula is C10H16N2O3S. The number of Topliss-reactive ketones (excluding diaryl/α,β-unsaturated/α-hetero) is 1. The Morgan fingerprint density at radius 3 is 2.62 bits per heavy atom. The molecule has 0 heterocycles. The van der Waals surface area contributed by atoms with Gasteiger partial charge in [-0.3, -0.25) is 9.69 Å². The number of carbonyl (C=O) groups is 2. The fraction of sp³-hybridized carbons (Fsp3) is 0.700. The Morgan fingerprint density at radius 2 is 2.12 bits per heavy atom. The van der Waals surface area contributed by atoms with Crippen molar-refractivity contribution in [3.05, 3.63) is 0 Å². The molecule has 5 nitrogen and oxygen atoms in total. The van der Waals surface area contributed by atoms with Crippen molar-refractivity contribution in [3.63, 3.8) is 0 Å². The summed E-state index contributed by atoms with van der Waals surface area (Å²) in [5.41, 5.74) is 0.